The van der Waals surface area contributed by atoms with Crippen molar-refractivity contribution in [3.05, 3.63) is 29.8 Å². The Hall–Kier alpha value is -1.10. The highest BCUT2D eigenvalue weighted by molar-refractivity contribution is 5.28. The first-order valence-corrected chi connectivity index (χ1v) is 6.29. The minimum atomic E-state index is -0.463. The van der Waals surface area contributed by atoms with E-state index in [1.54, 1.807) is 7.11 Å². The molecular weight excluding hydrogens is 230 g/mol. The van der Waals surface area contributed by atoms with Crippen molar-refractivity contribution in [3.63, 3.8) is 0 Å². The first kappa shape index (κ1) is 13.3. The van der Waals surface area contributed by atoms with Crippen LogP contribution < -0.4 is 10.5 Å². The van der Waals surface area contributed by atoms with Crippen LogP contribution in [0.1, 0.15) is 24.8 Å². The van der Waals surface area contributed by atoms with Crippen molar-refractivity contribution >= 4 is 0 Å². The Morgan fingerprint density at radius 3 is 3.00 bits per heavy atom. The van der Waals surface area contributed by atoms with Gasteiger partial charge < -0.3 is 20.3 Å². The van der Waals surface area contributed by atoms with E-state index >= 15 is 0 Å². The van der Waals surface area contributed by atoms with Crippen LogP contribution in [0.2, 0.25) is 0 Å². The zero-order chi connectivity index (χ0) is 13.0. The van der Waals surface area contributed by atoms with Gasteiger partial charge in [0.25, 0.3) is 0 Å². The van der Waals surface area contributed by atoms with Crippen molar-refractivity contribution in [1.82, 2.24) is 0 Å². The van der Waals surface area contributed by atoms with Gasteiger partial charge in [-0.15, -0.1) is 0 Å². The molecule has 0 aliphatic heterocycles. The summed E-state index contributed by atoms with van der Waals surface area (Å²) in [6.07, 6.45) is 2.51. The molecule has 0 aromatic heterocycles. The summed E-state index contributed by atoms with van der Waals surface area (Å²) in [6.45, 7) is 0.607. The summed E-state index contributed by atoms with van der Waals surface area (Å²) < 4.78 is 11.0. The monoisotopic (exact) mass is 251 g/mol. The van der Waals surface area contributed by atoms with E-state index in [4.69, 9.17) is 15.2 Å². The van der Waals surface area contributed by atoms with Crippen LogP contribution in [0, 0.1) is 0 Å². The summed E-state index contributed by atoms with van der Waals surface area (Å²) in [5, 5.41) is 9.23. The number of ether oxygens (including phenoxy) is 2. The van der Waals surface area contributed by atoms with Gasteiger partial charge in [0.15, 0.2) is 0 Å². The third-order valence-electron chi connectivity index (χ3n) is 3.43. The number of nitrogens with two attached hydrogens (primary N) is 1. The lowest BCUT2D eigenvalue weighted by Gasteiger charge is -2.21. The molecule has 1 aliphatic rings. The Morgan fingerprint density at radius 2 is 2.33 bits per heavy atom. The van der Waals surface area contributed by atoms with Crippen LogP contribution in [0.25, 0.3) is 0 Å². The summed E-state index contributed by atoms with van der Waals surface area (Å²) >= 11 is 0. The third-order valence-corrected chi connectivity index (χ3v) is 3.43. The van der Waals surface area contributed by atoms with E-state index in [0.29, 0.717) is 13.0 Å². The zero-order valence-corrected chi connectivity index (χ0v) is 10.8. The molecule has 4 nitrogen and oxygen atoms in total. The first-order valence-electron chi connectivity index (χ1n) is 6.29. The van der Waals surface area contributed by atoms with Crippen LogP contribution in [0.4, 0.5) is 0 Å². The lowest BCUT2D eigenvalue weighted by Crippen LogP contribution is -2.41. The molecule has 4 heteroatoms. The van der Waals surface area contributed by atoms with E-state index in [1.807, 2.05) is 24.3 Å². The van der Waals surface area contributed by atoms with Crippen LogP contribution in [0.15, 0.2) is 24.3 Å². The van der Waals surface area contributed by atoms with Gasteiger partial charge in [-0.3, -0.25) is 0 Å². The van der Waals surface area contributed by atoms with Crippen molar-refractivity contribution in [3.8, 4) is 5.75 Å². The SMILES string of the molecule is COCc1cccc(OC2CCC(N)(CO)C2)c1. The minimum Gasteiger partial charge on any atom is -0.490 e. The van der Waals surface area contributed by atoms with Gasteiger partial charge >= 0.3 is 0 Å². The number of rotatable bonds is 5. The average Bonchev–Trinajstić information content (AvgIpc) is 2.73. The van der Waals surface area contributed by atoms with Gasteiger partial charge in [-0.25, -0.2) is 0 Å². The lowest BCUT2D eigenvalue weighted by molar-refractivity contribution is 0.164. The van der Waals surface area contributed by atoms with Gasteiger partial charge in [0.1, 0.15) is 11.9 Å². The highest BCUT2D eigenvalue weighted by Crippen LogP contribution is 2.30. The van der Waals surface area contributed by atoms with Gasteiger partial charge in [-0.05, 0) is 30.5 Å². The second-order valence-corrected chi connectivity index (χ2v) is 5.08. The third kappa shape index (κ3) is 3.22. The van der Waals surface area contributed by atoms with Gasteiger partial charge in [0, 0.05) is 19.1 Å². The highest BCUT2D eigenvalue weighted by Gasteiger charge is 2.36. The second-order valence-electron chi connectivity index (χ2n) is 5.08. The number of hydrogen-bond acceptors (Lipinski definition) is 4. The Labute approximate surface area is 108 Å². The molecule has 1 saturated carbocycles. The number of aliphatic hydroxyl groups excluding tert-OH is 1. The summed E-state index contributed by atoms with van der Waals surface area (Å²) in [4.78, 5) is 0. The summed E-state index contributed by atoms with van der Waals surface area (Å²) in [5.41, 5.74) is 6.66. The van der Waals surface area contributed by atoms with Gasteiger partial charge in [0.05, 0.1) is 13.2 Å². The van der Waals surface area contributed by atoms with Crippen molar-refractivity contribution in [2.75, 3.05) is 13.7 Å². The molecule has 1 aromatic carbocycles. The van der Waals surface area contributed by atoms with Crippen molar-refractivity contribution in [1.29, 1.82) is 0 Å². The average molecular weight is 251 g/mol. The predicted octanol–water partition coefficient (Wildman–Crippen LogP) is 1.45. The quantitative estimate of drug-likeness (QED) is 0.831. The van der Waals surface area contributed by atoms with E-state index < -0.39 is 5.54 Å². The molecule has 2 unspecified atom stereocenters. The number of aliphatic hydroxyl groups is 1. The molecule has 3 N–H and O–H groups in total. The molecule has 1 aliphatic carbocycles. The Kier molecular flexibility index (Phi) is 4.22. The highest BCUT2D eigenvalue weighted by atomic mass is 16.5. The topological polar surface area (TPSA) is 64.7 Å². The first-order chi connectivity index (χ1) is 8.65. The van der Waals surface area contributed by atoms with Crippen LogP contribution in [0.3, 0.4) is 0 Å². The van der Waals surface area contributed by atoms with Crippen LogP contribution in [0.5, 0.6) is 5.75 Å². The lowest BCUT2D eigenvalue weighted by atomic mass is 10.0. The van der Waals surface area contributed by atoms with Crippen molar-refractivity contribution in [2.45, 2.75) is 37.5 Å². The molecule has 18 heavy (non-hydrogen) atoms. The summed E-state index contributed by atoms with van der Waals surface area (Å²) in [5.74, 6) is 0.844. The normalized spacial score (nSPS) is 27.4. The molecule has 100 valence electrons. The fourth-order valence-corrected chi connectivity index (χ4v) is 2.42. The van der Waals surface area contributed by atoms with E-state index in [9.17, 15) is 5.11 Å². The standard InChI is InChI=1S/C14H21NO3/c1-17-9-11-3-2-4-12(7-11)18-13-5-6-14(15,8-13)10-16/h2-4,7,13,16H,5-6,8-10,15H2,1H3. The van der Waals surface area contributed by atoms with Crippen molar-refractivity contribution < 1.29 is 14.6 Å². The molecular formula is C14H21NO3. The predicted molar refractivity (Wildman–Crippen MR) is 69.4 cm³/mol. The fourth-order valence-electron chi connectivity index (χ4n) is 2.42. The van der Waals surface area contributed by atoms with Gasteiger partial charge in [-0.1, -0.05) is 12.1 Å². The molecule has 2 atom stereocenters. The molecule has 0 radical (unpaired) electrons. The summed E-state index contributed by atoms with van der Waals surface area (Å²) in [7, 11) is 1.68. The molecule has 2 rings (SSSR count). The van der Waals surface area contributed by atoms with E-state index in [0.717, 1.165) is 24.2 Å². The smallest absolute Gasteiger partial charge is 0.120 e. The van der Waals surface area contributed by atoms with Crippen LogP contribution >= 0.6 is 0 Å². The maximum atomic E-state index is 9.23. The van der Waals surface area contributed by atoms with E-state index in [2.05, 4.69) is 0 Å². The minimum absolute atomic E-state index is 0.0244. The van der Waals surface area contributed by atoms with Gasteiger partial charge in [0.2, 0.25) is 0 Å². The van der Waals surface area contributed by atoms with Crippen LogP contribution in [-0.4, -0.2) is 30.5 Å². The molecule has 0 heterocycles. The molecule has 1 fully saturated rings. The molecule has 0 saturated heterocycles. The van der Waals surface area contributed by atoms with E-state index in [-0.39, 0.29) is 12.7 Å². The number of benzene rings is 1. The Balaban J connectivity index is 1.96. The van der Waals surface area contributed by atoms with E-state index in [1.165, 1.54) is 0 Å². The Morgan fingerprint density at radius 1 is 1.50 bits per heavy atom. The number of methoxy groups -OCH3 is 1. The maximum Gasteiger partial charge on any atom is 0.120 e. The van der Waals surface area contributed by atoms with Gasteiger partial charge in [-0.2, -0.15) is 0 Å². The largest absolute Gasteiger partial charge is 0.490 e. The molecule has 0 amide bonds. The van der Waals surface area contributed by atoms with Crippen molar-refractivity contribution in [2.24, 2.45) is 5.73 Å². The molecule has 1 aromatic rings. The van der Waals surface area contributed by atoms with Crippen LogP contribution in [-0.2, 0) is 11.3 Å². The fraction of sp³-hybridized carbons (Fsp3) is 0.571. The Bertz CT molecular complexity index is 396. The molecule has 0 bridgehead atoms. The second kappa shape index (κ2) is 5.69. The zero-order valence-electron chi connectivity index (χ0n) is 10.8. The number of hydrogen-bond donors (Lipinski definition) is 2. The molecule has 0 spiro atoms. The maximum absolute atomic E-state index is 9.23. The summed E-state index contributed by atoms with van der Waals surface area (Å²) in [6, 6.07) is 7.89.